The second kappa shape index (κ2) is 4.81. The Labute approximate surface area is 103 Å². The molecule has 1 aromatic carbocycles. The van der Waals surface area contributed by atoms with Crippen LogP contribution in [0.25, 0.3) is 0 Å². The van der Waals surface area contributed by atoms with Gasteiger partial charge in [0.05, 0.1) is 11.6 Å². The van der Waals surface area contributed by atoms with Crippen LogP contribution in [0.4, 0.5) is 0 Å². The molecule has 0 fully saturated rings. The fourth-order valence-electron chi connectivity index (χ4n) is 1.26. The zero-order chi connectivity index (χ0) is 12.3. The number of rotatable bonds is 2. The molecule has 5 heteroatoms. The van der Waals surface area contributed by atoms with Gasteiger partial charge in [0.1, 0.15) is 5.75 Å². The second-order valence-corrected chi connectivity index (χ2v) is 3.70. The van der Waals surface area contributed by atoms with Crippen LogP contribution < -0.4 is 4.74 Å². The number of ether oxygens (including phenoxy) is 1. The molecule has 1 heterocycles. The van der Waals surface area contributed by atoms with Crippen LogP contribution >= 0.6 is 11.6 Å². The summed E-state index contributed by atoms with van der Waals surface area (Å²) in [5.74, 6) is 0.777. The molecule has 0 aliphatic carbocycles. The Morgan fingerprint density at radius 1 is 1.29 bits per heavy atom. The number of aromatic nitrogens is 2. The number of halogens is 1. The third-order valence-corrected chi connectivity index (χ3v) is 2.41. The van der Waals surface area contributed by atoms with E-state index in [0.717, 1.165) is 5.56 Å². The van der Waals surface area contributed by atoms with Gasteiger partial charge in [0, 0.05) is 12.4 Å². The summed E-state index contributed by atoms with van der Waals surface area (Å²) in [6, 6.07) is 7.21. The van der Waals surface area contributed by atoms with Crippen molar-refractivity contribution < 1.29 is 4.74 Å². The summed E-state index contributed by atoms with van der Waals surface area (Å²) >= 11 is 5.84. The van der Waals surface area contributed by atoms with E-state index in [-0.39, 0.29) is 11.0 Å². The zero-order valence-corrected chi connectivity index (χ0v) is 9.77. The van der Waals surface area contributed by atoms with E-state index in [9.17, 15) is 0 Å². The summed E-state index contributed by atoms with van der Waals surface area (Å²) in [7, 11) is 0. The molecule has 1 aromatic heterocycles. The van der Waals surface area contributed by atoms with E-state index in [2.05, 4.69) is 9.97 Å². The van der Waals surface area contributed by atoms with E-state index in [1.165, 1.54) is 12.4 Å². The van der Waals surface area contributed by atoms with E-state index in [4.69, 9.17) is 21.6 Å². The summed E-state index contributed by atoms with van der Waals surface area (Å²) in [5.41, 5.74) is 1.41. The average molecular weight is 246 g/mol. The molecule has 0 bridgehead atoms. The summed E-state index contributed by atoms with van der Waals surface area (Å²) in [4.78, 5) is 7.83. The van der Waals surface area contributed by atoms with Crippen LogP contribution in [-0.4, -0.2) is 9.97 Å². The monoisotopic (exact) mass is 245 g/mol. The lowest BCUT2D eigenvalue weighted by Crippen LogP contribution is -1.93. The van der Waals surface area contributed by atoms with Gasteiger partial charge >= 0.3 is 0 Å². The van der Waals surface area contributed by atoms with Crippen LogP contribution in [-0.2, 0) is 0 Å². The van der Waals surface area contributed by atoms with Crippen molar-refractivity contribution in [3.63, 3.8) is 0 Å². The molecule has 0 aliphatic heterocycles. The molecule has 0 saturated carbocycles. The number of nitriles is 1. The van der Waals surface area contributed by atoms with Crippen molar-refractivity contribution in [3.05, 3.63) is 46.9 Å². The molecular formula is C12H8ClN3O. The van der Waals surface area contributed by atoms with Crippen molar-refractivity contribution >= 4 is 11.6 Å². The van der Waals surface area contributed by atoms with Gasteiger partial charge in [-0.2, -0.15) is 5.26 Å². The number of benzene rings is 1. The molecule has 0 spiro atoms. The van der Waals surface area contributed by atoms with Crippen LogP contribution in [0.1, 0.15) is 11.1 Å². The third-order valence-electron chi connectivity index (χ3n) is 2.15. The van der Waals surface area contributed by atoms with Crippen LogP contribution in [0.3, 0.4) is 0 Å². The first-order valence-electron chi connectivity index (χ1n) is 4.86. The van der Waals surface area contributed by atoms with Gasteiger partial charge in [-0.15, -0.1) is 0 Å². The number of nitrogens with zero attached hydrogens (tertiary/aromatic N) is 3. The standard InChI is InChI=1S/C12H8ClN3O/c1-8-2-3-9(7-14)6-10(8)17-12-11(13)15-4-5-16-12/h2-6H,1H3. The Hall–Kier alpha value is -2.12. The van der Waals surface area contributed by atoms with E-state index in [1.54, 1.807) is 18.2 Å². The molecule has 4 nitrogen and oxygen atoms in total. The van der Waals surface area contributed by atoms with Gasteiger partial charge in [-0.1, -0.05) is 17.7 Å². The third kappa shape index (κ3) is 2.52. The Morgan fingerprint density at radius 3 is 2.76 bits per heavy atom. The SMILES string of the molecule is Cc1ccc(C#N)cc1Oc1nccnc1Cl. The van der Waals surface area contributed by atoms with Gasteiger partial charge < -0.3 is 4.74 Å². The smallest absolute Gasteiger partial charge is 0.257 e. The van der Waals surface area contributed by atoms with Crippen molar-refractivity contribution in [2.75, 3.05) is 0 Å². The minimum absolute atomic E-state index is 0.189. The first kappa shape index (κ1) is 11.4. The summed E-state index contributed by atoms with van der Waals surface area (Å²) in [6.07, 6.45) is 2.97. The maximum atomic E-state index is 8.81. The molecule has 0 saturated heterocycles. The maximum Gasteiger partial charge on any atom is 0.257 e. The molecule has 0 amide bonds. The molecule has 0 atom stereocenters. The lowest BCUT2D eigenvalue weighted by atomic mass is 10.1. The summed E-state index contributed by atoms with van der Waals surface area (Å²) < 4.78 is 5.53. The normalized spacial score (nSPS) is 9.71. The van der Waals surface area contributed by atoms with Gasteiger partial charge in [0.2, 0.25) is 0 Å². The van der Waals surface area contributed by atoms with Crippen LogP contribution in [0.2, 0.25) is 5.15 Å². The molecular weight excluding hydrogens is 238 g/mol. The Bertz CT molecular complexity index is 593. The van der Waals surface area contributed by atoms with E-state index in [1.807, 2.05) is 13.0 Å². The minimum atomic E-state index is 0.189. The quantitative estimate of drug-likeness (QED) is 0.816. The van der Waals surface area contributed by atoms with E-state index < -0.39 is 0 Å². The largest absolute Gasteiger partial charge is 0.436 e. The van der Waals surface area contributed by atoms with Crippen molar-refractivity contribution in [3.8, 4) is 17.7 Å². The summed E-state index contributed by atoms with van der Waals surface area (Å²) in [6.45, 7) is 1.88. The molecule has 0 aliphatic rings. The van der Waals surface area contributed by atoms with Gasteiger partial charge in [-0.25, -0.2) is 9.97 Å². The van der Waals surface area contributed by atoms with Crippen LogP contribution in [0.15, 0.2) is 30.6 Å². The second-order valence-electron chi connectivity index (χ2n) is 3.35. The lowest BCUT2D eigenvalue weighted by molar-refractivity contribution is 0.457. The molecule has 17 heavy (non-hydrogen) atoms. The number of aryl methyl sites for hydroxylation is 1. The highest BCUT2D eigenvalue weighted by atomic mass is 35.5. The zero-order valence-electron chi connectivity index (χ0n) is 9.01. The van der Waals surface area contributed by atoms with Crippen molar-refractivity contribution in [2.45, 2.75) is 6.92 Å². The maximum absolute atomic E-state index is 8.81. The van der Waals surface area contributed by atoms with Gasteiger partial charge in [-0.3, -0.25) is 0 Å². The number of hydrogen-bond acceptors (Lipinski definition) is 4. The first-order valence-corrected chi connectivity index (χ1v) is 5.23. The van der Waals surface area contributed by atoms with Gasteiger partial charge in [0.15, 0.2) is 5.15 Å². The molecule has 2 rings (SSSR count). The highest BCUT2D eigenvalue weighted by Gasteiger charge is 2.08. The highest BCUT2D eigenvalue weighted by molar-refractivity contribution is 6.30. The van der Waals surface area contributed by atoms with E-state index in [0.29, 0.717) is 11.3 Å². The predicted molar refractivity (Wildman–Crippen MR) is 63.0 cm³/mol. The Kier molecular flexibility index (Phi) is 3.22. The number of hydrogen-bond donors (Lipinski definition) is 0. The molecule has 0 N–H and O–H groups in total. The van der Waals surface area contributed by atoms with Crippen molar-refractivity contribution in [1.29, 1.82) is 5.26 Å². The first-order chi connectivity index (χ1) is 8.20. The Balaban J connectivity index is 2.37. The van der Waals surface area contributed by atoms with Crippen molar-refractivity contribution in [2.24, 2.45) is 0 Å². The molecule has 84 valence electrons. The average Bonchev–Trinajstić information content (AvgIpc) is 2.35. The lowest BCUT2D eigenvalue weighted by Gasteiger charge is -2.08. The highest BCUT2D eigenvalue weighted by Crippen LogP contribution is 2.27. The van der Waals surface area contributed by atoms with Gasteiger partial charge in [-0.05, 0) is 24.6 Å². The topological polar surface area (TPSA) is 58.8 Å². The van der Waals surface area contributed by atoms with Crippen LogP contribution in [0.5, 0.6) is 11.6 Å². The molecule has 0 unspecified atom stereocenters. The fourth-order valence-corrected chi connectivity index (χ4v) is 1.40. The van der Waals surface area contributed by atoms with Crippen molar-refractivity contribution in [1.82, 2.24) is 9.97 Å². The van der Waals surface area contributed by atoms with Crippen LogP contribution in [0, 0.1) is 18.3 Å². The Morgan fingerprint density at radius 2 is 2.06 bits per heavy atom. The molecule has 0 radical (unpaired) electrons. The van der Waals surface area contributed by atoms with E-state index >= 15 is 0 Å². The predicted octanol–water partition coefficient (Wildman–Crippen LogP) is 3.10. The molecule has 2 aromatic rings. The summed E-state index contributed by atoms with van der Waals surface area (Å²) in [5, 5.41) is 9.00. The fraction of sp³-hybridized carbons (Fsp3) is 0.0833. The minimum Gasteiger partial charge on any atom is -0.436 e. The van der Waals surface area contributed by atoms with Gasteiger partial charge in [0.25, 0.3) is 5.88 Å².